The number of thiazole rings is 1. The van der Waals surface area contributed by atoms with Crippen LogP contribution >= 0.6 is 11.3 Å². The zero-order valence-electron chi connectivity index (χ0n) is 10.1. The standard InChI is InChI=1S/C12H13N3O2S/c1-8-5-3-4-6-10(8)14-12(16)17-15-9(2)7-18-11(15)13/h3-7,13H,1-2H3,(H,14,16). The van der Waals surface area contributed by atoms with Gasteiger partial charge in [0, 0.05) is 11.1 Å². The molecule has 0 spiro atoms. The van der Waals surface area contributed by atoms with Gasteiger partial charge in [-0.2, -0.15) is 0 Å². The van der Waals surface area contributed by atoms with Gasteiger partial charge in [-0.25, -0.2) is 4.79 Å². The van der Waals surface area contributed by atoms with Gasteiger partial charge in [-0.15, -0.1) is 16.1 Å². The van der Waals surface area contributed by atoms with E-state index < -0.39 is 6.09 Å². The average Bonchev–Trinajstić information content (AvgIpc) is 2.64. The van der Waals surface area contributed by atoms with Gasteiger partial charge in [-0.3, -0.25) is 10.7 Å². The zero-order valence-corrected chi connectivity index (χ0v) is 10.9. The van der Waals surface area contributed by atoms with Crippen molar-refractivity contribution >= 4 is 23.1 Å². The van der Waals surface area contributed by atoms with E-state index in [1.165, 1.54) is 16.1 Å². The minimum absolute atomic E-state index is 0.174. The molecule has 0 saturated carbocycles. The van der Waals surface area contributed by atoms with Crippen molar-refractivity contribution in [3.8, 4) is 0 Å². The number of para-hydroxylation sites is 1. The van der Waals surface area contributed by atoms with E-state index in [1.807, 2.05) is 25.1 Å². The monoisotopic (exact) mass is 263 g/mol. The molecule has 0 aliphatic carbocycles. The number of amides is 1. The lowest BCUT2D eigenvalue weighted by atomic mass is 10.2. The summed E-state index contributed by atoms with van der Waals surface area (Å²) in [5.74, 6) is 0. The second-order valence-electron chi connectivity index (χ2n) is 3.80. The molecule has 0 saturated heterocycles. The third-order valence-corrected chi connectivity index (χ3v) is 3.25. The molecule has 2 rings (SSSR count). The number of carbonyl (C=O) groups excluding carboxylic acids is 1. The number of carbonyl (C=O) groups is 1. The van der Waals surface area contributed by atoms with Crippen LogP contribution < -0.4 is 15.0 Å². The Hall–Kier alpha value is -2.08. The minimum Gasteiger partial charge on any atom is -0.314 e. The number of hydrogen-bond donors (Lipinski definition) is 2. The van der Waals surface area contributed by atoms with Crippen molar-refractivity contribution < 1.29 is 9.63 Å². The molecule has 0 unspecified atom stereocenters. The van der Waals surface area contributed by atoms with Crippen molar-refractivity contribution in [1.82, 2.24) is 4.73 Å². The molecule has 5 nitrogen and oxygen atoms in total. The molecule has 6 heteroatoms. The largest absolute Gasteiger partial charge is 0.436 e. The second-order valence-corrected chi connectivity index (χ2v) is 4.65. The summed E-state index contributed by atoms with van der Waals surface area (Å²) in [7, 11) is 0. The van der Waals surface area contributed by atoms with E-state index in [9.17, 15) is 4.79 Å². The van der Waals surface area contributed by atoms with Gasteiger partial charge in [0.1, 0.15) is 0 Å². The highest BCUT2D eigenvalue weighted by Crippen LogP contribution is 2.12. The molecule has 2 aromatic rings. The van der Waals surface area contributed by atoms with E-state index in [0.29, 0.717) is 11.4 Å². The van der Waals surface area contributed by atoms with Crippen LogP contribution in [0.5, 0.6) is 0 Å². The van der Waals surface area contributed by atoms with Gasteiger partial charge in [0.05, 0.1) is 5.69 Å². The number of nitrogens with zero attached hydrogens (tertiary/aromatic N) is 1. The quantitative estimate of drug-likeness (QED) is 0.873. The maximum Gasteiger partial charge on any atom is 0.436 e. The van der Waals surface area contributed by atoms with Crippen molar-refractivity contribution in [1.29, 1.82) is 5.41 Å². The maximum atomic E-state index is 11.7. The van der Waals surface area contributed by atoms with E-state index >= 15 is 0 Å². The number of aromatic nitrogens is 1. The van der Waals surface area contributed by atoms with Gasteiger partial charge in [-0.1, -0.05) is 18.2 Å². The predicted octanol–water partition coefficient (Wildman–Crippen LogP) is 2.31. The number of aryl methyl sites for hydroxylation is 2. The molecule has 18 heavy (non-hydrogen) atoms. The first-order valence-corrected chi connectivity index (χ1v) is 6.22. The number of nitrogens with one attached hydrogen (secondary N) is 2. The Labute approximate surface area is 108 Å². The number of benzene rings is 1. The summed E-state index contributed by atoms with van der Waals surface area (Å²) < 4.78 is 1.19. The summed E-state index contributed by atoms with van der Waals surface area (Å²) in [6.07, 6.45) is -0.607. The lowest BCUT2D eigenvalue weighted by Gasteiger charge is -2.09. The van der Waals surface area contributed by atoms with E-state index in [1.54, 1.807) is 18.4 Å². The minimum atomic E-state index is -0.607. The van der Waals surface area contributed by atoms with Gasteiger partial charge >= 0.3 is 6.09 Å². The average molecular weight is 263 g/mol. The molecule has 0 fully saturated rings. The van der Waals surface area contributed by atoms with Crippen molar-refractivity contribution in [2.24, 2.45) is 0 Å². The smallest absolute Gasteiger partial charge is 0.314 e. The predicted molar refractivity (Wildman–Crippen MR) is 69.7 cm³/mol. The van der Waals surface area contributed by atoms with Crippen molar-refractivity contribution in [3.05, 3.63) is 45.7 Å². The third kappa shape index (κ3) is 2.60. The van der Waals surface area contributed by atoms with E-state index in [0.717, 1.165) is 5.56 Å². The summed E-state index contributed by atoms with van der Waals surface area (Å²) in [6.45, 7) is 3.67. The molecular formula is C12H13N3O2S. The van der Waals surface area contributed by atoms with Crippen LogP contribution in [0.1, 0.15) is 11.3 Å². The molecule has 1 aromatic carbocycles. The Morgan fingerprint density at radius 1 is 1.39 bits per heavy atom. The Bertz CT molecular complexity index is 630. The molecule has 2 N–H and O–H groups in total. The highest BCUT2D eigenvalue weighted by molar-refractivity contribution is 7.07. The zero-order chi connectivity index (χ0) is 13.1. The van der Waals surface area contributed by atoms with E-state index in [2.05, 4.69) is 5.32 Å². The summed E-state index contributed by atoms with van der Waals surface area (Å²) >= 11 is 1.21. The van der Waals surface area contributed by atoms with Gasteiger partial charge in [0.15, 0.2) is 0 Å². The molecule has 0 aliphatic heterocycles. The highest BCUT2D eigenvalue weighted by Gasteiger charge is 2.09. The normalized spacial score (nSPS) is 10.1. The third-order valence-electron chi connectivity index (χ3n) is 2.40. The second kappa shape index (κ2) is 5.05. The topological polar surface area (TPSA) is 67.1 Å². The lowest BCUT2D eigenvalue weighted by Crippen LogP contribution is -2.31. The maximum absolute atomic E-state index is 11.7. The number of anilines is 1. The molecular weight excluding hydrogens is 250 g/mol. The summed E-state index contributed by atoms with van der Waals surface area (Å²) in [5.41, 5.74) is 2.36. The Balaban J connectivity index is 2.11. The molecule has 0 atom stereocenters. The van der Waals surface area contributed by atoms with Crippen LogP contribution in [0.3, 0.4) is 0 Å². The van der Waals surface area contributed by atoms with Gasteiger partial charge in [0.2, 0.25) is 4.80 Å². The molecule has 1 amide bonds. The first-order valence-electron chi connectivity index (χ1n) is 5.34. The fraction of sp³-hybridized carbons (Fsp3) is 0.167. The molecule has 0 radical (unpaired) electrons. The number of hydrogen-bond acceptors (Lipinski definition) is 4. The van der Waals surface area contributed by atoms with Crippen LogP contribution in [0.25, 0.3) is 0 Å². The fourth-order valence-corrected chi connectivity index (χ4v) is 2.09. The van der Waals surface area contributed by atoms with E-state index in [4.69, 9.17) is 10.2 Å². The molecule has 94 valence electrons. The Kier molecular flexibility index (Phi) is 3.47. The SMILES string of the molecule is Cc1ccccc1NC(=O)On1c(C)csc1=N. The van der Waals surface area contributed by atoms with Crippen molar-refractivity contribution in [3.63, 3.8) is 0 Å². The van der Waals surface area contributed by atoms with Gasteiger partial charge in [-0.05, 0) is 25.5 Å². The molecule has 1 heterocycles. The van der Waals surface area contributed by atoms with Crippen LogP contribution in [-0.4, -0.2) is 10.8 Å². The summed E-state index contributed by atoms with van der Waals surface area (Å²) in [5, 5.41) is 12.0. The molecule has 0 bridgehead atoms. The molecule has 0 aliphatic rings. The summed E-state index contributed by atoms with van der Waals surface area (Å²) in [4.78, 5) is 16.9. The first kappa shape index (κ1) is 12.4. The van der Waals surface area contributed by atoms with E-state index in [-0.39, 0.29) is 4.80 Å². The van der Waals surface area contributed by atoms with Crippen LogP contribution in [0.4, 0.5) is 10.5 Å². The van der Waals surface area contributed by atoms with Crippen LogP contribution in [-0.2, 0) is 0 Å². The lowest BCUT2D eigenvalue weighted by molar-refractivity contribution is 0.140. The number of rotatable bonds is 2. The summed E-state index contributed by atoms with van der Waals surface area (Å²) in [6, 6.07) is 7.42. The van der Waals surface area contributed by atoms with Crippen LogP contribution in [0.2, 0.25) is 0 Å². The fourth-order valence-electron chi connectivity index (χ4n) is 1.44. The van der Waals surface area contributed by atoms with Gasteiger partial charge < -0.3 is 4.84 Å². The highest BCUT2D eigenvalue weighted by atomic mass is 32.1. The van der Waals surface area contributed by atoms with Crippen molar-refractivity contribution in [2.45, 2.75) is 13.8 Å². The first-order chi connectivity index (χ1) is 8.58. The van der Waals surface area contributed by atoms with Crippen molar-refractivity contribution in [2.75, 3.05) is 5.32 Å². The van der Waals surface area contributed by atoms with Crippen LogP contribution in [0.15, 0.2) is 29.6 Å². The molecule has 1 aromatic heterocycles. The Morgan fingerprint density at radius 2 is 2.11 bits per heavy atom. The Morgan fingerprint density at radius 3 is 2.72 bits per heavy atom. The van der Waals surface area contributed by atoms with Gasteiger partial charge in [0.25, 0.3) is 0 Å². The van der Waals surface area contributed by atoms with Crippen LogP contribution in [0, 0.1) is 19.3 Å².